The van der Waals surface area contributed by atoms with Gasteiger partial charge in [0.05, 0.1) is 12.2 Å². The molecule has 3 heterocycles. The summed E-state index contributed by atoms with van der Waals surface area (Å²) in [5.41, 5.74) is 4.83. The number of nitrogens with one attached hydrogen (secondary N) is 2. The van der Waals surface area contributed by atoms with E-state index in [2.05, 4.69) is 95.7 Å². The molecule has 2 aliphatic rings. The normalized spacial score (nSPS) is 21.6. The van der Waals surface area contributed by atoms with Crippen LogP contribution >= 0.6 is 0 Å². The van der Waals surface area contributed by atoms with E-state index in [0.29, 0.717) is 0 Å². The quantitative estimate of drug-likeness (QED) is 0.539. The van der Waals surface area contributed by atoms with Gasteiger partial charge in [-0.05, 0) is 56.9 Å². The molecule has 1 aromatic heterocycles. The summed E-state index contributed by atoms with van der Waals surface area (Å²) in [4.78, 5) is 18.4. The average molecular weight is 457 g/mol. The van der Waals surface area contributed by atoms with Gasteiger partial charge in [-0.25, -0.2) is 4.99 Å². The maximum absolute atomic E-state index is 5.12. The van der Waals surface area contributed by atoms with E-state index in [1.165, 1.54) is 41.3 Å². The molecule has 2 atom stereocenters. The van der Waals surface area contributed by atoms with E-state index in [0.717, 1.165) is 43.4 Å². The summed E-state index contributed by atoms with van der Waals surface area (Å²) >= 11 is 0. The van der Waals surface area contributed by atoms with Crippen molar-refractivity contribution in [2.45, 2.75) is 58.2 Å². The second-order valence-electron chi connectivity index (χ2n) is 9.78. The molecule has 2 aromatic carbocycles. The van der Waals surface area contributed by atoms with Crippen LogP contribution in [-0.4, -0.2) is 58.9 Å². The van der Waals surface area contributed by atoms with E-state index in [1.54, 1.807) is 0 Å². The van der Waals surface area contributed by atoms with E-state index in [1.807, 2.05) is 0 Å². The van der Waals surface area contributed by atoms with Crippen molar-refractivity contribution in [3.05, 3.63) is 65.9 Å². The first-order valence-electron chi connectivity index (χ1n) is 12.6. The van der Waals surface area contributed by atoms with Gasteiger partial charge in [0.2, 0.25) is 5.96 Å². The fourth-order valence-electron chi connectivity index (χ4n) is 5.14. The number of aromatic amines is 1. The van der Waals surface area contributed by atoms with Crippen molar-refractivity contribution >= 4 is 28.4 Å². The van der Waals surface area contributed by atoms with Crippen molar-refractivity contribution < 1.29 is 0 Å². The minimum atomic E-state index is 0.126. The minimum absolute atomic E-state index is 0.126. The van der Waals surface area contributed by atoms with Crippen LogP contribution in [0.4, 0.5) is 5.69 Å². The van der Waals surface area contributed by atoms with Gasteiger partial charge < -0.3 is 15.2 Å². The lowest BCUT2D eigenvalue weighted by Gasteiger charge is -2.42. The smallest absolute Gasteiger partial charge is 0.223 e. The van der Waals surface area contributed by atoms with Crippen molar-refractivity contribution in [2.24, 2.45) is 9.98 Å². The predicted molar refractivity (Wildman–Crippen MR) is 143 cm³/mol. The molecule has 0 saturated carbocycles. The number of guanidine groups is 1. The van der Waals surface area contributed by atoms with Gasteiger partial charge in [0, 0.05) is 49.3 Å². The van der Waals surface area contributed by atoms with Crippen LogP contribution in [-0.2, 0) is 6.42 Å². The topological polar surface area (TPSA) is 59.0 Å². The Labute approximate surface area is 202 Å². The highest BCUT2D eigenvalue weighted by atomic mass is 15.4. The van der Waals surface area contributed by atoms with E-state index in [4.69, 9.17) is 9.98 Å². The number of hydrogen-bond acceptors (Lipinski definition) is 3. The molecular weight excluding hydrogens is 420 g/mol. The summed E-state index contributed by atoms with van der Waals surface area (Å²) in [6.07, 6.45) is 8.03. The van der Waals surface area contributed by atoms with Gasteiger partial charge in [0.1, 0.15) is 5.84 Å². The second-order valence-corrected chi connectivity index (χ2v) is 9.78. The fourth-order valence-corrected chi connectivity index (χ4v) is 5.14. The van der Waals surface area contributed by atoms with Gasteiger partial charge in [0.15, 0.2) is 0 Å². The third-order valence-electron chi connectivity index (χ3n) is 7.05. The number of hydrogen-bond donors (Lipinski definition) is 2. The van der Waals surface area contributed by atoms with Gasteiger partial charge in [0.25, 0.3) is 0 Å². The molecule has 6 nitrogen and oxygen atoms in total. The maximum Gasteiger partial charge on any atom is 0.223 e. The lowest BCUT2D eigenvalue weighted by molar-refractivity contribution is 0.0873. The Morgan fingerprint density at radius 1 is 1.09 bits per heavy atom. The van der Waals surface area contributed by atoms with Crippen LogP contribution < -0.4 is 5.32 Å². The first-order valence-corrected chi connectivity index (χ1v) is 12.6. The summed E-state index contributed by atoms with van der Waals surface area (Å²) in [5.74, 6) is 1.82. The van der Waals surface area contributed by atoms with Crippen LogP contribution in [0.3, 0.4) is 0 Å². The molecule has 3 aromatic rings. The fraction of sp³-hybridized carbons (Fsp3) is 0.429. The van der Waals surface area contributed by atoms with Gasteiger partial charge >= 0.3 is 0 Å². The number of aryl methyl sites for hydroxylation is 1. The lowest BCUT2D eigenvalue weighted by Crippen LogP contribution is -2.54. The predicted octanol–water partition coefficient (Wildman–Crippen LogP) is 5.42. The Balaban J connectivity index is 1.40. The third-order valence-corrected chi connectivity index (χ3v) is 7.05. The maximum atomic E-state index is 5.12. The zero-order chi connectivity index (χ0) is 23.5. The summed E-state index contributed by atoms with van der Waals surface area (Å²) in [7, 11) is 2.16. The Morgan fingerprint density at radius 2 is 1.85 bits per heavy atom. The molecule has 0 bridgehead atoms. The molecule has 0 spiro atoms. The SMILES string of the molecule is Cc1ccc(NC2=NC(=NC(C)Cc3c[nH]c4ccccc34)N(C)C(N3CCCCC3)C2)cc1. The minimum Gasteiger partial charge on any atom is -0.361 e. The number of likely N-dealkylation sites (tertiary alicyclic amines) is 1. The van der Waals surface area contributed by atoms with Crippen LogP contribution in [0.1, 0.15) is 43.7 Å². The van der Waals surface area contributed by atoms with Gasteiger partial charge in [-0.2, -0.15) is 4.99 Å². The van der Waals surface area contributed by atoms with Crippen LogP contribution in [0.5, 0.6) is 0 Å². The van der Waals surface area contributed by atoms with Crippen molar-refractivity contribution in [2.75, 3.05) is 25.5 Å². The molecule has 34 heavy (non-hydrogen) atoms. The second kappa shape index (κ2) is 10.0. The number of anilines is 1. The van der Waals surface area contributed by atoms with Crippen molar-refractivity contribution in [3.8, 4) is 0 Å². The van der Waals surface area contributed by atoms with E-state index in [-0.39, 0.29) is 12.2 Å². The number of aliphatic imine (C=N–C) groups is 2. The molecule has 0 radical (unpaired) electrons. The van der Waals surface area contributed by atoms with Crippen LogP contribution in [0.15, 0.2) is 64.7 Å². The summed E-state index contributed by atoms with van der Waals surface area (Å²) in [5, 5.41) is 4.86. The van der Waals surface area contributed by atoms with Gasteiger partial charge in [-0.15, -0.1) is 0 Å². The van der Waals surface area contributed by atoms with E-state index < -0.39 is 0 Å². The molecule has 178 valence electrons. The summed E-state index contributed by atoms with van der Waals surface area (Å²) < 4.78 is 0. The van der Waals surface area contributed by atoms with E-state index >= 15 is 0 Å². The number of para-hydroxylation sites is 1. The zero-order valence-corrected chi connectivity index (χ0v) is 20.6. The van der Waals surface area contributed by atoms with Gasteiger partial charge in [-0.1, -0.05) is 42.3 Å². The molecule has 2 unspecified atom stereocenters. The molecule has 1 saturated heterocycles. The number of amidine groups is 1. The van der Waals surface area contributed by atoms with Crippen LogP contribution in [0, 0.1) is 6.92 Å². The Hall–Kier alpha value is -3.12. The molecule has 2 N–H and O–H groups in total. The first-order chi connectivity index (χ1) is 16.6. The molecule has 0 aliphatic carbocycles. The lowest BCUT2D eigenvalue weighted by atomic mass is 10.1. The standard InChI is InChI=1S/C28H36N6/c1-20-11-13-23(14-12-20)31-26-18-27(34-15-7-4-8-16-34)33(3)28(32-26)30-21(2)17-22-19-29-25-10-6-5-9-24(22)25/h5-6,9-14,19,21,27,29H,4,7-8,15-18H2,1-3H3,(H,30,31,32). The number of benzene rings is 2. The summed E-state index contributed by atoms with van der Waals surface area (Å²) in [6.45, 7) is 6.59. The number of H-pyrrole nitrogens is 1. The van der Waals surface area contributed by atoms with Crippen molar-refractivity contribution in [3.63, 3.8) is 0 Å². The van der Waals surface area contributed by atoms with Crippen LogP contribution in [0.25, 0.3) is 10.9 Å². The number of rotatable bonds is 5. The van der Waals surface area contributed by atoms with Crippen molar-refractivity contribution in [1.82, 2.24) is 14.8 Å². The molecule has 0 amide bonds. The molecule has 5 rings (SSSR count). The number of piperidine rings is 1. The van der Waals surface area contributed by atoms with Crippen molar-refractivity contribution in [1.29, 1.82) is 0 Å². The Bertz CT molecular complexity index is 1170. The Kier molecular flexibility index (Phi) is 6.68. The third kappa shape index (κ3) is 5.02. The monoisotopic (exact) mass is 456 g/mol. The zero-order valence-electron chi connectivity index (χ0n) is 20.6. The van der Waals surface area contributed by atoms with E-state index in [9.17, 15) is 0 Å². The first kappa shape index (κ1) is 22.7. The number of fused-ring (bicyclic) bond motifs is 1. The number of aromatic nitrogens is 1. The average Bonchev–Trinajstić information content (AvgIpc) is 3.25. The molecular formula is C28H36N6. The molecule has 1 fully saturated rings. The highest BCUT2D eigenvalue weighted by molar-refractivity contribution is 6.05. The summed E-state index contributed by atoms with van der Waals surface area (Å²) in [6, 6.07) is 17.1. The van der Waals surface area contributed by atoms with Gasteiger partial charge in [-0.3, -0.25) is 4.90 Å². The number of nitrogens with zero attached hydrogens (tertiary/aromatic N) is 4. The molecule has 2 aliphatic heterocycles. The highest BCUT2D eigenvalue weighted by Crippen LogP contribution is 2.24. The molecule has 6 heteroatoms. The van der Waals surface area contributed by atoms with Crippen LogP contribution in [0.2, 0.25) is 0 Å². The Morgan fingerprint density at radius 3 is 2.65 bits per heavy atom. The highest BCUT2D eigenvalue weighted by Gasteiger charge is 2.31. The largest absolute Gasteiger partial charge is 0.361 e.